The number of nitrogens with zero attached hydrogens (tertiary/aromatic N) is 1. The summed E-state index contributed by atoms with van der Waals surface area (Å²) in [6, 6.07) is 15.4. The smallest absolute Gasteiger partial charge is 0.388 e. The molecule has 4 aromatic rings. The third-order valence-corrected chi connectivity index (χ3v) is 9.35. The minimum Gasteiger partial charge on any atom is -0.399 e. The molecular formula is C39H56NO3P. The van der Waals surface area contributed by atoms with Crippen molar-refractivity contribution < 1.29 is 12.9 Å². The molecule has 240 valence electrons. The Morgan fingerprint density at radius 2 is 1.05 bits per heavy atom. The van der Waals surface area contributed by atoms with Crippen LogP contribution in [0.15, 0.2) is 50.9 Å². The molecule has 0 N–H and O–H groups in total. The Balaban J connectivity index is 2.27. The molecule has 2 aromatic carbocycles. The van der Waals surface area contributed by atoms with Crippen LogP contribution in [0.25, 0.3) is 21.9 Å². The molecule has 0 fully saturated rings. The lowest BCUT2D eigenvalue weighted by molar-refractivity contribution is 0.121. The summed E-state index contributed by atoms with van der Waals surface area (Å²) in [4.78, 5) is 4.88. The van der Waals surface area contributed by atoms with Crippen molar-refractivity contribution in [2.24, 2.45) is 5.41 Å². The summed E-state index contributed by atoms with van der Waals surface area (Å²) in [6.07, 6.45) is -0.336. The van der Waals surface area contributed by atoms with E-state index in [1.807, 2.05) is 25.1 Å². The van der Waals surface area contributed by atoms with Gasteiger partial charge in [0.05, 0.1) is 5.69 Å². The molecule has 0 saturated heterocycles. The number of aryl methyl sites for hydroxylation is 1. The minimum absolute atomic E-state index is 0.0494. The van der Waals surface area contributed by atoms with Gasteiger partial charge in [0.15, 0.2) is 0 Å². The Bertz CT molecular complexity index is 1620. The van der Waals surface area contributed by atoms with Crippen LogP contribution in [-0.2, 0) is 21.7 Å². The quantitative estimate of drug-likeness (QED) is 0.229. The number of hydrogen-bond acceptors (Lipinski definition) is 4. The molecule has 44 heavy (non-hydrogen) atoms. The zero-order chi connectivity index (χ0) is 33.2. The number of rotatable bonds is 3. The molecule has 0 aliphatic heterocycles. The predicted molar refractivity (Wildman–Crippen MR) is 189 cm³/mol. The molecule has 0 unspecified atom stereocenters. The van der Waals surface area contributed by atoms with Gasteiger partial charge in [-0.05, 0) is 69.4 Å². The molecular weight excluding hydrogens is 561 g/mol. The van der Waals surface area contributed by atoms with Crippen molar-refractivity contribution in [2.75, 3.05) is 0 Å². The van der Waals surface area contributed by atoms with Crippen molar-refractivity contribution in [1.82, 2.24) is 4.98 Å². The third-order valence-electron chi connectivity index (χ3n) is 8.30. The van der Waals surface area contributed by atoms with Gasteiger partial charge in [0.1, 0.15) is 17.3 Å². The SMILES string of the molecule is Cc1cccc([C@@H](Op2oc3c(C(C)(C)C)cc(C(C)(C)C)cc3c3cc(C(C)(C)C)cc(C(C)(C)C)c3o2)C(C)(C)C)n1. The van der Waals surface area contributed by atoms with E-state index in [2.05, 4.69) is 128 Å². The maximum Gasteiger partial charge on any atom is 0.388 e. The first-order valence-electron chi connectivity index (χ1n) is 16.0. The summed E-state index contributed by atoms with van der Waals surface area (Å²) in [6.45, 7) is 35.8. The van der Waals surface area contributed by atoms with Crippen molar-refractivity contribution in [2.45, 2.75) is 139 Å². The van der Waals surface area contributed by atoms with Gasteiger partial charge in [-0.1, -0.05) is 122 Å². The first-order valence-corrected chi connectivity index (χ1v) is 17.1. The minimum atomic E-state index is -1.85. The first kappa shape index (κ1) is 34.3. The van der Waals surface area contributed by atoms with E-state index in [0.29, 0.717) is 0 Å². The Morgan fingerprint density at radius 3 is 1.39 bits per heavy atom. The molecule has 1 atom stereocenters. The van der Waals surface area contributed by atoms with Gasteiger partial charge >= 0.3 is 8.24 Å². The molecule has 5 heteroatoms. The van der Waals surface area contributed by atoms with Gasteiger partial charge in [-0.3, -0.25) is 9.51 Å². The van der Waals surface area contributed by atoms with Crippen LogP contribution in [0.1, 0.15) is 144 Å². The van der Waals surface area contributed by atoms with Gasteiger partial charge in [-0.15, -0.1) is 0 Å². The van der Waals surface area contributed by atoms with Gasteiger partial charge < -0.3 is 8.39 Å². The molecule has 0 bridgehead atoms. The molecule has 2 aromatic heterocycles. The van der Waals surface area contributed by atoms with Gasteiger partial charge in [0, 0.05) is 27.6 Å². The molecule has 0 saturated carbocycles. The Labute approximate surface area is 267 Å². The maximum absolute atomic E-state index is 7.03. The van der Waals surface area contributed by atoms with Crippen LogP contribution in [0, 0.1) is 12.3 Å². The molecule has 0 radical (unpaired) electrons. The topological polar surface area (TPSA) is 48.4 Å². The molecule has 0 spiro atoms. The van der Waals surface area contributed by atoms with E-state index in [0.717, 1.165) is 44.5 Å². The average molecular weight is 618 g/mol. The second kappa shape index (κ2) is 11.4. The second-order valence-electron chi connectivity index (χ2n) is 17.8. The highest BCUT2D eigenvalue weighted by Crippen LogP contribution is 2.47. The summed E-state index contributed by atoms with van der Waals surface area (Å²) < 4.78 is 21.0. The largest absolute Gasteiger partial charge is 0.399 e. The normalized spacial score (nSPS) is 14.4. The monoisotopic (exact) mass is 617 g/mol. The Morgan fingerprint density at radius 1 is 0.614 bits per heavy atom. The standard InChI is InChI=1S/C39H56NO3P/c1-24-18-17-19-31(40-24)34(39(14,15)16)43-44-41-32-27(20-25(35(2,3)4)22-29(32)37(8,9)10)28-21-26(36(5,6)7)23-30(33(28)42-44)38(11,12)13/h17-23,34H,1-16H3/t34-/m1/s1. The van der Waals surface area contributed by atoms with Crippen LogP contribution < -0.4 is 4.52 Å². The summed E-state index contributed by atoms with van der Waals surface area (Å²) in [5, 5.41) is 2.15. The molecule has 0 aliphatic rings. The molecule has 0 aliphatic carbocycles. The first-order chi connectivity index (χ1) is 19.9. The summed E-state index contributed by atoms with van der Waals surface area (Å²) >= 11 is 0. The van der Waals surface area contributed by atoms with Crippen molar-refractivity contribution in [3.8, 4) is 0 Å². The zero-order valence-electron chi connectivity index (χ0n) is 30.2. The fourth-order valence-corrected chi connectivity index (χ4v) is 6.91. The number of benzene rings is 2. The van der Waals surface area contributed by atoms with Crippen LogP contribution in [-0.4, -0.2) is 4.98 Å². The van der Waals surface area contributed by atoms with Gasteiger partial charge in [0.25, 0.3) is 0 Å². The van der Waals surface area contributed by atoms with Crippen molar-refractivity contribution in [3.63, 3.8) is 0 Å². The van der Waals surface area contributed by atoms with Crippen molar-refractivity contribution in [3.05, 3.63) is 76.1 Å². The fourth-order valence-electron chi connectivity index (χ4n) is 5.50. The lowest BCUT2D eigenvalue weighted by Gasteiger charge is -2.29. The Hall–Kier alpha value is -2.55. The van der Waals surface area contributed by atoms with Gasteiger partial charge in [0.2, 0.25) is 0 Å². The molecule has 2 heterocycles. The lowest BCUT2D eigenvalue weighted by atomic mass is 9.77. The predicted octanol–water partition coefficient (Wildman–Crippen LogP) is 12.4. The number of hydrogen-bond donors (Lipinski definition) is 0. The van der Waals surface area contributed by atoms with Crippen LogP contribution in [0.2, 0.25) is 0 Å². The van der Waals surface area contributed by atoms with E-state index in [9.17, 15) is 0 Å². The van der Waals surface area contributed by atoms with E-state index in [-0.39, 0.29) is 33.2 Å². The highest BCUT2D eigenvalue weighted by Gasteiger charge is 2.33. The highest BCUT2D eigenvalue weighted by molar-refractivity contribution is 7.31. The van der Waals surface area contributed by atoms with E-state index < -0.39 is 8.24 Å². The average Bonchev–Trinajstić information content (AvgIpc) is 2.99. The van der Waals surface area contributed by atoms with Crippen LogP contribution in [0.4, 0.5) is 0 Å². The molecule has 4 nitrogen and oxygen atoms in total. The van der Waals surface area contributed by atoms with Gasteiger partial charge in [-0.25, -0.2) is 0 Å². The number of aromatic nitrogens is 1. The fraction of sp³-hybridized carbons (Fsp3) is 0.564. The van der Waals surface area contributed by atoms with E-state index in [1.54, 1.807) is 0 Å². The number of fused-ring (bicyclic) bond motifs is 3. The summed E-state index contributed by atoms with van der Waals surface area (Å²) in [5.74, 6) is 0. The maximum atomic E-state index is 7.03. The summed E-state index contributed by atoms with van der Waals surface area (Å²) in [7, 11) is -1.85. The van der Waals surface area contributed by atoms with Crippen LogP contribution in [0.3, 0.4) is 0 Å². The lowest BCUT2D eigenvalue weighted by Crippen LogP contribution is -2.24. The van der Waals surface area contributed by atoms with E-state index in [1.165, 1.54) is 11.1 Å². The highest BCUT2D eigenvalue weighted by atomic mass is 31.1. The molecule has 4 rings (SSSR count). The zero-order valence-corrected chi connectivity index (χ0v) is 31.1. The van der Waals surface area contributed by atoms with Crippen LogP contribution in [0.5, 0.6) is 0 Å². The Kier molecular flexibility index (Phi) is 8.86. The van der Waals surface area contributed by atoms with Crippen LogP contribution >= 0.6 is 8.24 Å². The summed E-state index contributed by atoms with van der Waals surface area (Å²) in [5.41, 5.74) is 7.72. The van der Waals surface area contributed by atoms with E-state index in [4.69, 9.17) is 17.9 Å². The van der Waals surface area contributed by atoms with E-state index >= 15 is 0 Å². The van der Waals surface area contributed by atoms with Gasteiger partial charge in [-0.2, -0.15) is 0 Å². The van der Waals surface area contributed by atoms with Crippen molar-refractivity contribution in [1.29, 1.82) is 0 Å². The number of pyridine rings is 1. The molecule has 0 amide bonds. The second-order valence-corrected chi connectivity index (χ2v) is 18.8. The third kappa shape index (κ3) is 7.29. The van der Waals surface area contributed by atoms with Crippen molar-refractivity contribution >= 4 is 30.2 Å².